The standard InChI is InChI=1S/C12H9Cl2FS/c1-7-6-16-12(10(7)13)11(14)8-2-4-9(15)5-3-8/h2-6,11H,1H3. The van der Waals surface area contributed by atoms with Gasteiger partial charge in [0.05, 0.1) is 10.4 Å². The van der Waals surface area contributed by atoms with Crippen LogP contribution in [0.5, 0.6) is 0 Å². The Morgan fingerprint density at radius 1 is 1.25 bits per heavy atom. The van der Waals surface area contributed by atoms with E-state index >= 15 is 0 Å². The van der Waals surface area contributed by atoms with Crippen LogP contribution < -0.4 is 0 Å². The SMILES string of the molecule is Cc1csc(C(Cl)c2ccc(F)cc2)c1Cl. The van der Waals surface area contributed by atoms with Crippen molar-refractivity contribution >= 4 is 34.5 Å². The van der Waals surface area contributed by atoms with Crippen molar-refractivity contribution in [3.05, 3.63) is 56.5 Å². The zero-order valence-electron chi connectivity index (χ0n) is 8.51. The Morgan fingerprint density at radius 2 is 1.88 bits per heavy atom. The van der Waals surface area contributed by atoms with E-state index in [2.05, 4.69) is 0 Å². The molecule has 0 fully saturated rings. The first kappa shape index (κ1) is 11.9. The van der Waals surface area contributed by atoms with E-state index in [1.807, 2.05) is 12.3 Å². The maximum Gasteiger partial charge on any atom is 0.123 e. The summed E-state index contributed by atoms with van der Waals surface area (Å²) in [6.07, 6.45) is 0. The fraction of sp³-hybridized carbons (Fsp3) is 0.167. The lowest BCUT2D eigenvalue weighted by atomic mass is 10.1. The van der Waals surface area contributed by atoms with Crippen LogP contribution >= 0.6 is 34.5 Å². The number of hydrogen-bond acceptors (Lipinski definition) is 1. The second-order valence-corrected chi connectivity index (χ2v) is 5.24. The molecule has 2 rings (SSSR count). The van der Waals surface area contributed by atoms with Gasteiger partial charge in [-0.25, -0.2) is 4.39 Å². The minimum atomic E-state index is -0.313. The van der Waals surface area contributed by atoms with Crippen LogP contribution in [0.3, 0.4) is 0 Å². The van der Waals surface area contributed by atoms with Crippen LogP contribution in [0.4, 0.5) is 4.39 Å². The number of alkyl halides is 1. The lowest BCUT2D eigenvalue weighted by Gasteiger charge is -2.08. The van der Waals surface area contributed by atoms with E-state index in [-0.39, 0.29) is 11.2 Å². The molecule has 0 amide bonds. The molecule has 0 aliphatic heterocycles. The summed E-state index contributed by atoms with van der Waals surface area (Å²) >= 11 is 14.0. The molecule has 0 radical (unpaired) electrons. The molecule has 0 saturated carbocycles. The molecule has 4 heteroatoms. The Kier molecular flexibility index (Phi) is 3.53. The van der Waals surface area contributed by atoms with Gasteiger partial charge < -0.3 is 0 Å². The van der Waals surface area contributed by atoms with Gasteiger partial charge in [0.15, 0.2) is 0 Å². The highest BCUT2D eigenvalue weighted by molar-refractivity contribution is 7.11. The van der Waals surface area contributed by atoms with E-state index in [0.29, 0.717) is 5.02 Å². The first-order chi connectivity index (χ1) is 7.59. The topological polar surface area (TPSA) is 0 Å². The van der Waals surface area contributed by atoms with E-state index in [1.54, 1.807) is 12.1 Å². The number of rotatable bonds is 2. The van der Waals surface area contributed by atoms with Gasteiger partial charge in [0.2, 0.25) is 0 Å². The predicted molar refractivity (Wildman–Crippen MR) is 68.2 cm³/mol. The number of thiophene rings is 1. The second kappa shape index (κ2) is 4.74. The maximum absolute atomic E-state index is 12.8. The van der Waals surface area contributed by atoms with E-state index in [9.17, 15) is 4.39 Å². The Bertz CT molecular complexity index is 490. The van der Waals surface area contributed by atoms with Gasteiger partial charge >= 0.3 is 0 Å². The van der Waals surface area contributed by atoms with Crippen molar-refractivity contribution in [3.63, 3.8) is 0 Å². The van der Waals surface area contributed by atoms with Gasteiger partial charge in [0.1, 0.15) is 5.82 Å². The highest BCUT2D eigenvalue weighted by Gasteiger charge is 2.17. The lowest BCUT2D eigenvalue weighted by Crippen LogP contribution is -1.91. The van der Waals surface area contributed by atoms with Crippen LogP contribution in [0, 0.1) is 12.7 Å². The van der Waals surface area contributed by atoms with Gasteiger partial charge in [0, 0.05) is 4.88 Å². The van der Waals surface area contributed by atoms with Gasteiger partial charge in [0.25, 0.3) is 0 Å². The van der Waals surface area contributed by atoms with Crippen molar-refractivity contribution in [3.8, 4) is 0 Å². The van der Waals surface area contributed by atoms with Crippen LogP contribution in [-0.2, 0) is 0 Å². The molecule has 1 atom stereocenters. The summed E-state index contributed by atoms with van der Waals surface area (Å²) in [5.74, 6) is -0.263. The third kappa shape index (κ3) is 2.24. The largest absolute Gasteiger partial charge is 0.207 e. The van der Waals surface area contributed by atoms with Crippen molar-refractivity contribution in [1.29, 1.82) is 0 Å². The number of halogens is 3. The van der Waals surface area contributed by atoms with Crippen molar-refractivity contribution in [2.75, 3.05) is 0 Å². The van der Waals surface area contributed by atoms with Gasteiger partial charge in [-0.1, -0.05) is 23.7 Å². The van der Waals surface area contributed by atoms with Crippen LogP contribution in [0.2, 0.25) is 5.02 Å². The molecular weight excluding hydrogens is 266 g/mol. The highest BCUT2D eigenvalue weighted by Crippen LogP contribution is 2.39. The molecule has 16 heavy (non-hydrogen) atoms. The Balaban J connectivity index is 2.35. The first-order valence-corrected chi connectivity index (χ1v) is 6.42. The fourth-order valence-electron chi connectivity index (χ4n) is 1.40. The smallest absolute Gasteiger partial charge is 0.123 e. The lowest BCUT2D eigenvalue weighted by molar-refractivity contribution is 0.627. The summed E-state index contributed by atoms with van der Waals surface area (Å²) in [5.41, 5.74) is 1.88. The molecule has 0 spiro atoms. The molecule has 0 aliphatic carbocycles. The average molecular weight is 275 g/mol. The van der Waals surface area contributed by atoms with Gasteiger partial charge in [-0.15, -0.1) is 22.9 Å². The summed E-state index contributed by atoms with van der Waals surface area (Å²) in [6, 6.07) is 6.16. The summed E-state index contributed by atoms with van der Waals surface area (Å²) in [5, 5.41) is 2.36. The Labute approximate surface area is 108 Å². The molecule has 1 heterocycles. The van der Waals surface area contributed by atoms with Crippen molar-refractivity contribution in [1.82, 2.24) is 0 Å². The minimum absolute atomic E-state index is 0.263. The average Bonchev–Trinajstić information content (AvgIpc) is 2.60. The molecule has 1 unspecified atom stereocenters. The number of hydrogen-bond donors (Lipinski definition) is 0. The second-order valence-electron chi connectivity index (χ2n) is 3.51. The first-order valence-electron chi connectivity index (χ1n) is 4.72. The molecule has 0 bridgehead atoms. The van der Waals surface area contributed by atoms with Gasteiger partial charge in [-0.2, -0.15) is 0 Å². The molecule has 0 nitrogen and oxygen atoms in total. The Hall–Kier alpha value is -0.570. The Morgan fingerprint density at radius 3 is 2.38 bits per heavy atom. The molecular formula is C12H9Cl2FS. The van der Waals surface area contributed by atoms with Crippen LogP contribution in [0.1, 0.15) is 21.4 Å². The zero-order valence-corrected chi connectivity index (χ0v) is 10.8. The van der Waals surface area contributed by atoms with Crippen LogP contribution in [0.15, 0.2) is 29.6 Å². The molecule has 0 aliphatic rings. The van der Waals surface area contributed by atoms with E-state index in [0.717, 1.165) is 16.0 Å². The highest BCUT2D eigenvalue weighted by atomic mass is 35.5. The quantitative estimate of drug-likeness (QED) is 0.663. The summed E-state index contributed by atoms with van der Waals surface area (Å²) in [7, 11) is 0. The maximum atomic E-state index is 12.8. The summed E-state index contributed by atoms with van der Waals surface area (Å²) in [6.45, 7) is 1.94. The third-order valence-electron chi connectivity index (χ3n) is 2.32. The van der Waals surface area contributed by atoms with Crippen molar-refractivity contribution in [2.45, 2.75) is 12.3 Å². The van der Waals surface area contributed by atoms with Crippen molar-refractivity contribution in [2.24, 2.45) is 0 Å². The summed E-state index contributed by atoms with van der Waals surface area (Å²) in [4.78, 5) is 0.910. The normalized spacial score (nSPS) is 12.8. The summed E-state index contributed by atoms with van der Waals surface area (Å²) < 4.78 is 12.8. The minimum Gasteiger partial charge on any atom is -0.207 e. The van der Waals surface area contributed by atoms with Gasteiger partial charge in [-0.3, -0.25) is 0 Å². The molecule has 1 aromatic carbocycles. The molecule has 1 aromatic heterocycles. The fourth-order valence-corrected chi connectivity index (χ4v) is 3.17. The molecule has 2 aromatic rings. The number of aryl methyl sites for hydroxylation is 1. The van der Waals surface area contributed by atoms with Crippen molar-refractivity contribution < 1.29 is 4.39 Å². The van der Waals surface area contributed by atoms with Crippen LogP contribution in [-0.4, -0.2) is 0 Å². The molecule has 0 saturated heterocycles. The predicted octanol–water partition coefficient (Wildman–Crippen LogP) is 5.18. The molecule has 0 N–H and O–H groups in total. The van der Waals surface area contributed by atoms with Crippen LogP contribution in [0.25, 0.3) is 0 Å². The molecule has 84 valence electrons. The van der Waals surface area contributed by atoms with E-state index < -0.39 is 0 Å². The van der Waals surface area contributed by atoms with E-state index in [1.165, 1.54) is 23.5 Å². The zero-order chi connectivity index (χ0) is 11.7. The number of benzene rings is 1. The van der Waals surface area contributed by atoms with Gasteiger partial charge in [-0.05, 0) is 35.6 Å². The monoisotopic (exact) mass is 274 g/mol. The van der Waals surface area contributed by atoms with E-state index in [4.69, 9.17) is 23.2 Å². The third-order valence-corrected chi connectivity index (χ3v) is 4.70.